The molecular weight excluding hydrogens is 226 g/mol. The van der Waals surface area contributed by atoms with Crippen LogP contribution in [-0.2, 0) is 4.74 Å². The lowest BCUT2D eigenvalue weighted by Crippen LogP contribution is -2.36. The van der Waals surface area contributed by atoms with Gasteiger partial charge >= 0.3 is 0 Å². The number of guanidine groups is 1. The van der Waals surface area contributed by atoms with E-state index in [1.165, 1.54) is 38.5 Å². The van der Waals surface area contributed by atoms with E-state index in [-0.39, 0.29) is 0 Å². The number of nitrogens with zero attached hydrogens (tertiary/aromatic N) is 2. The molecule has 0 spiro atoms. The van der Waals surface area contributed by atoms with Crippen LogP contribution in [0.2, 0.25) is 0 Å². The fourth-order valence-electron chi connectivity index (χ4n) is 2.65. The van der Waals surface area contributed by atoms with Crippen LogP contribution in [0.15, 0.2) is 4.99 Å². The van der Waals surface area contributed by atoms with Gasteiger partial charge in [0.05, 0.1) is 19.3 Å². The third-order valence-corrected chi connectivity index (χ3v) is 4.19. The smallest absolute Gasteiger partial charge is 0.191 e. The van der Waals surface area contributed by atoms with Crippen molar-refractivity contribution < 1.29 is 4.74 Å². The van der Waals surface area contributed by atoms with Gasteiger partial charge in [-0.2, -0.15) is 0 Å². The van der Waals surface area contributed by atoms with Gasteiger partial charge in [-0.25, -0.2) is 0 Å². The minimum Gasteiger partial charge on any atom is -0.376 e. The van der Waals surface area contributed by atoms with Crippen LogP contribution in [0.5, 0.6) is 0 Å². The van der Waals surface area contributed by atoms with Crippen molar-refractivity contribution in [1.29, 1.82) is 0 Å². The molecule has 4 nitrogen and oxygen atoms in total. The van der Waals surface area contributed by atoms with Gasteiger partial charge in [-0.05, 0) is 31.6 Å². The Morgan fingerprint density at radius 2 is 2.00 bits per heavy atom. The van der Waals surface area contributed by atoms with Crippen LogP contribution >= 0.6 is 0 Å². The number of rotatable bonds is 5. The Hall–Kier alpha value is -0.770. The molecule has 0 unspecified atom stereocenters. The molecule has 2 aliphatic carbocycles. The average molecular weight is 253 g/mol. The number of ether oxygens (including phenoxy) is 1. The van der Waals surface area contributed by atoms with E-state index in [9.17, 15) is 0 Å². The maximum atomic E-state index is 5.93. The van der Waals surface area contributed by atoms with Crippen LogP contribution in [0.1, 0.15) is 45.4 Å². The Kier molecular flexibility index (Phi) is 4.87. The number of nitrogens with two attached hydrogens (primary N) is 1. The van der Waals surface area contributed by atoms with E-state index in [0.29, 0.717) is 37.2 Å². The molecule has 2 fully saturated rings. The molecule has 0 bridgehead atoms. The Labute approximate surface area is 111 Å². The fraction of sp³-hybridized carbons (Fsp3) is 0.929. The van der Waals surface area contributed by atoms with Crippen molar-refractivity contribution in [3.63, 3.8) is 0 Å². The summed E-state index contributed by atoms with van der Waals surface area (Å²) in [6.07, 6.45) is 8.13. The Bertz CT molecular complexity index is 289. The standard InChI is InChI=1S/C14H27N3O/c1-11-5-3-4-6-13(11)18-10-9-16-14(15)17(2)12-7-8-12/h11-13H,3-10H2,1-2H3,(H2,15,16)/t11-,13+/m1/s1. The molecule has 0 radical (unpaired) electrons. The molecule has 2 saturated carbocycles. The molecule has 104 valence electrons. The van der Waals surface area contributed by atoms with Crippen molar-refractivity contribution in [3.8, 4) is 0 Å². The lowest BCUT2D eigenvalue weighted by molar-refractivity contribution is -0.000697. The third-order valence-electron chi connectivity index (χ3n) is 4.19. The van der Waals surface area contributed by atoms with E-state index in [1.807, 2.05) is 7.05 Å². The summed E-state index contributed by atoms with van der Waals surface area (Å²) in [5.41, 5.74) is 5.93. The topological polar surface area (TPSA) is 50.9 Å². The van der Waals surface area contributed by atoms with Crippen LogP contribution in [0.3, 0.4) is 0 Å². The second-order valence-corrected chi connectivity index (χ2v) is 5.75. The molecule has 0 amide bonds. The van der Waals surface area contributed by atoms with E-state index >= 15 is 0 Å². The van der Waals surface area contributed by atoms with Crippen molar-refractivity contribution in [3.05, 3.63) is 0 Å². The van der Waals surface area contributed by atoms with Crippen molar-refractivity contribution in [2.75, 3.05) is 20.2 Å². The van der Waals surface area contributed by atoms with E-state index in [2.05, 4.69) is 16.8 Å². The zero-order valence-electron chi connectivity index (χ0n) is 11.8. The van der Waals surface area contributed by atoms with E-state index in [0.717, 1.165) is 0 Å². The average Bonchev–Trinajstić information content (AvgIpc) is 3.19. The summed E-state index contributed by atoms with van der Waals surface area (Å²) in [5, 5.41) is 0. The van der Waals surface area contributed by atoms with Gasteiger partial charge in [0.1, 0.15) is 0 Å². The Morgan fingerprint density at radius 3 is 2.67 bits per heavy atom. The fourth-order valence-corrected chi connectivity index (χ4v) is 2.65. The summed E-state index contributed by atoms with van der Waals surface area (Å²) in [5.74, 6) is 1.37. The third kappa shape index (κ3) is 3.87. The first-order chi connectivity index (χ1) is 8.68. The van der Waals surface area contributed by atoms with Gasteiger partial charge in [-0.1, -0.05) is 19.8 Å². The molecular formula is C14H27N3O. The summed E-state index contributed by atoms with van der Waals surface area (Å²) in [6.45, 7) is 3.68. The van der Waals surface area contributed by atoms with Gasteiger partial charge in [-0.15, -0.1) is 0 Å². The highest BCUT2D eigenvalue weighted by Crippen LogP contribution is 2.26. The van der Waals surface area contributed by atoms with Crippen molar-refractivity contribution in [2.24, 2.45) is 16.6 Å². The van der Waals surface area contributed by atoms with E-state index in [4.69, 9.17) is 10.5 Å². The molecule has 2 aliphatic rings. The summed E-state index contributed by atoms with van der Waals surface area (Å²) >= 11 is 0. The maximum absolute atomic E-state index is 5.93. The molecule has 0 saturated heterocycles. The first kappa shape index (κ1) is 13.7. The van der Waals surface area contributed by atoms with Crippen LogP contribution < -0.4 is 5.73 Å². The van der Waals surface area contributed by atoms with Gasteiger partial charge in [-0.3, -0.25) is 4.99 Å². The van der Waals surface area contributed by atoms with Crippen LogP contribution in [0.25, 0.3) is 0 Å². The summed E-state index contributed by atoms with van der Waals surface area (Å²) in [4.78, 5) is 6.48. The van der Waals surface area contributed by atoms with Crippen LogP contribution in [-0.4, -0.2) is 43.2 Å². The normalized spacial score (nSPS) is 29.3. The first-order valence-corrected chi connectivity index (χ1v) is 7.33. The second kappa shape index (κ2) is 6.41. The van der Waals surface area contributed by atoms with Crippen LogP contribution in [0, 0.1) is 5.92 Å². The molecule has 0 aromatic heterocycles. The van der Waals surface area contributed by atoms with Crippen molar-refractivity contribution in [2.45, 2.75) is 57.6 Å². The van der Waals surface area contributed by atoms with Gasteiger partial charge in [0.25, 0.3) is 0 Å². The molecule has 18 heavy (non-hydrogen) atoms. The molecule has 2 rings (SSSR count). The maximum Gasteiger partial charge on any atom is 0.191 e. The minimum atomic E-state index is 0.441. The SMILES string of the molecule is C[C@@H]1CCCC[C@@H]1OCCN=C(N)N(C)C1CC1. The molecule has 2 N–H and O–H groups in total. The summed E-state index contributed by atoms with van der Waals surface area (Å²) < 4.78 is 5.92. The highest BCUT2D eigenvalue weighted by molar-refractivity contribution is 5.78. The number of hydrogen-bond donors (Lipinski definition) is 1. The van der Waals surface area contributed by atoms with E-state index < -0.39 is 0 Å². The van der Waals surface area contributed by atoms with Gasteiger partial charge in [0.15, 0.2) is 5.96 Å². The molecule has 0 aromatic carbocycles. The predicted molar refractivity (Wildman–Crippen MR) is 74.6 cm³/mol. The largest absolute Gasteiger partial charge is 0.376 e. The lowest BCUT2D eigenvalue weighted by atomic mass is 9.88. The predicted octanol–water partition coefficient (Wildman–Crippen LogP) is 1.99. The number of aliphatic imine (C=N–C) groups is 1. The minimum absolute atomic E-state index is 0.441. The molecule has 0 heterocycles. The van der Waals surface area contributed by atoms with Crippen LogP contribution in [0.4, 0.5) is 0 Å². The van der Waals surface area contributed by atoms with Gasteiger partial charge < -0.3 is 15.4 Å². The lowest BCUT2D eigenvalue weighted by Gasteiger charge is -2.28. The second-order valence-electron chi connectivity index (χ2n) is 5.75. The monoisotopic (exact) mass is 253 g/mol. The van der Waals surface area contributed by atoms with Gasteiger partial charge in [0.2, 0.25) is 0 Å². The van der Waals surface area contributed by atoms with Crippen molar-refractivity contribution in [1.82, 2.24) is 4.90 Å². The zero-order valence-corrected chi connectivity index (χ0v) is 11.8. The van der Waals surface area contributed by atoms with Crippen molar-refractivity contribution >= 4 is 5.96 Å². The Morgan fingerprint density at radius 1 is 1.28 bits per heavy atom. The number of hydrogen-bond acceptors (Lipinski definition) is 2. The summed E-state index contributed by atoms with van der Waals surface area (Å²) in [7, 11) is 2.03. The molecule has 0 aliphatic heterocycles. The highest BCUT2D eigenvalue weighted by Gasteiger charge is 2.27. The zero-order chi connectivity index (χ0) is 13.0. The quantitative estimate of drug-likeness (QED) is 0.463. The molecule has 2 atom stereocenters. The molecule has 4 heteroatoms. The highest BCUT2D eigenvalue weighted by atomic mass is 16.5. The Balaban J connectivity index is 1.63. The summed E-state index contributed by atoms with van der Waals surface area (Å²) in [6, 6.07) is 0.632. The molecule has 0 aromatic rings. The van der Waals surface area contributed by atoms with E-state index in [1.54, 1.807) is 0 Å². The first-order valence-electron chi connectivity index (χ1n) is 7.33. The van der Waals surface area contributed by atoms with Gasteiger partial charge in [0, 0.05) is 13.1 Å².